The Bertz CT molecular complexity index is 662. The molecule has 3 atom stereocenters. The molecule has 0 aromatic carbocycles. The van der Waals surface area contributed by atoms with Gasteiger partial charge >= 0.3 is 0 Å². The van der Waals surface area contributed by atoms with Crippen LogP contribution in [-0.2, 0) is 14.3 Å². The molecule has 0 radical (unpaired) electrons. The van der Waals surface area contributed by atoms with Crippen LogP contribution in [0.25, 0.3) is 0 Å². The third-order valence-corrected chi connectivity index (χ3v) is 4.60. The van der Waals surface area contributed by atoms with Crippen molar-refractivity contribution in [2.24, 2.45) is 5.41 Å². The average molecular weight is 348 g/mol. The fourth-order valence-corrected chi connectivity index (χ4v) is 3.49. The van der Waals surface area contributed by atoms with E-state index in [2.05, 4.69) is 5.32 Å². The second-order valence-corrected chi connectivity index (χ2v) is 7.88. The lowest BCUT2D eigenvalue weighted by Gasteiger charge is -2.31. The fourth-order valence-electron chi connectivity index (χ4n) is 3.49. The van der Waals surface area contributed by atoms with Gasteiger partial charge < -0.3 is 19.4 Å². The summed E-state index contributed by atoms with van der Waals surface area (Å²) in [5.74, 6) is -0.647. The van der Waals surface area contributed by atoms with Crippen molar-refractivity contribution >= 4 is 17.6 Å². The van der Waals surface area contributed by atoms with Crippen molar-refractivity contribution < 1.29 is 23.5 Å². The summed E-state index contributed by atoms with van der Waals surface area (Å²) in [4.78, 5) is 39.1. The molecule has 2 saturated heterocycles. The minimum Gasteiger partial charge on any atom is -0.472 e. The molecule has 7 heteroatoms. The van der Waals surface area contributed by atoms with Crippen molar-refractivity contribution in [2.75, 3.05) is 13.2 Å². The van der Waals surface area contributed by atoms with Crippen molar-refractivity contribution in [3.05, 3.63) is 24.2 Å². The molecular formula is C18H24N2O5. The molecule has 0 bridgehead atoms. The molecule has 3 heterocycles. The summed E-state index contributed by atoms with van der Waals surface area (Å²) in [6.07, 6.45) is 3.66. The van der Waals surface area contributed by atoms with Gasteiger partial charge in [-0.3, -0.25) is 14.4 Å². The molecule has 1 N–H and O–H groups in total. The van der Waals surface area contributed by atoms with E-state index in [1.807, 2.05) is 20.8 Å². The SMILES string of the molecule is CC(C)(C)CC(NC(=O)c1ccoc1)C(=O)N1CCC2OCC(=O)C21. The van der Waals surface area contributed by atoms with Gasteiger partial charge in [-0.1, -0.05) is 20.8 Å². The van der Waals surface area contributed by atoms with Crippen molar-refractivity contribution in [2.45, 2.75) is 51.8 Å². The molecule has 0 saturated carbocycles. The van der Waals surface area contributed by atoms with E-state index in [1.54, 1.807) is 11.0 Å². The molecule has 136 valence electrons. The topological polar surface area (TPSA) is 88.8 Å². The Kier molecular flexibility index (Phi) is 4.69. The number of carbonyl (C=O) groups is 3. The largest absolute Gasteiger partial charge is 0.472 e. The number of hydrogen-bond acceptors (Lipinski definition) is 5. The highest BCUT2D eigenvalue weighted by Crippen LogP contribution is 2.29. The Morgan fingerprint density at radius 3 is 2.80 bits per heavy atom. The Balaban J connectivity index is 1.77. The summed E-state index contributed by atoms with van der Waals surface area (Å²) in [5, 5.41) is 2.81. The first kappa shape index (κ1) is 17.7. The summed E-state index contributed by atoms with van der Waals surface area (Å²) in [7, 11) is 0. The molecule has 2 fully saturated rings. The average Bonchev–Trinajstić information content (AvgIpc) is 3.23. The fraction of sp³-hybridized carbons (Fsp3) is 0.611. The number of Topliss-reactive ketones (excluding diaryl/α,β-unsaturated/α-hetero) is 1. The Hall–Kier alpha value is -2.15. The molecule has 2 aliphatic rings. The maximum atomic E-state index is 13.1. The minimum atomic E-state index is -0.699. The van der Waals surface area contributed by atoms with E-state index < -0.39 is 12.1 Å². The lowest BCUT2D eigenvalue weighted by atomic mass is 9.87. The van der Waals surface area contributed by atoms with Gasteiger partial charge in [-0.05, 0) is 24.3 Å². The number of ketones is 1. The van der Waals surface area contributed by atoms with Crippen LogP contribution in [0.4, 0.5) is 0 Å². The summed E-state index contributed by atoms with van der Waals surface area (Å²) in [5.41, 5.74) is 0.200. The molecule has 3 unspecified atom stereocenters. The van der Waals surface area contributed by atoms with E-state index in [0.717, 1.165) is 0 Å². The van der Waals surface area contributed by atoms with Crippen LogP contribution in [0.1, 0.15) is 44.0 Å². The van der Waals surface area contributed by atoms with Crippen LogP contribution < -0.4 is 5.32 Å². The monoisotopic (exact) mass is 348 g/mol. The first-order valence-corrected chi connectivity index (χ1v) is 8.54. The zero-order chi connectivity index (χ0) is 18.2. The second-order valence-electron chi connectivity index (χ2n) is 7.88. The predicted molar refractivity (Wildman–Crippen MR) is 88.9 cm³/mol. The third-order valence-electron chi connectivity index (χ3n) is 4.60. The van der Waals surface area contributed by atoms with Gasteiger partial charge in [0.05, 0.1) is 17.9 Å². The van der Waals surface area contributed by atoms with E-state index in [4.69, 9.17) is 9.15 Å². The predicted octanol–water partition coefficient (Wildman–Crippen LogP) is 1.38. The molecule has 1 aromatic rings. The van der Waals surface area contributed by atoms with Crippen LogP contribution in [0, 0.1) is 5.41 Å². The molecule has 3 rings (SSSR count). The van der Waals surface area contributed by atoms with Crippen molar-refractivity contribution in [1.82, 2.24) is 10.2 Å². The van der Waals surface area contributed by atoms with Crippen LogP contribution in [0.15, 0.2) is 23.0 Å². The van der Waals surface area contributed by atoms with Gasteiger partial charge in [-0.15, -0.1) is 0 Å². The first-order valence-electron chi connectivity index (χ1n) is 8.54. The van der Waals surface area contributed by atoms with Crippen LogP contribution in [0.3, 0.4) is 0 Å². The van der Waals surface area contributed by atoms with Crippen LogP contribution in [-0.4, -0.2) is 53.8 Å². The zero-order valence-corrected chi connectivity index (χ0v) is 14.8. The molecule has 2 amide bonds. The van der Waals surface area contributed by atoms with Gasteiger partial charge in [0.25, 0.3) is 5.91 Å². The van der Waals surface area contributed by atoms with Gasteiger partial charge in [0.15, 0.2) is 5.78 Å². The zero-order valence-electron chi connectivity index (χ0n) is 14.8. The molecule has 1 aromatic heterocycles. The Morgan fingerprint density at radius 1 is 1.40 bits per heavy atom. The van der Waals surface area contributed by atoms with E-state index in [1.165, 1.54) is 12.5 Å². The molecular weight excluding hydrogens is 324 g/mol. The highest BCUT2D eigenvalue weighted by atomic mass is 16.5. The summed E-state index contributed by atoms with van der Waals surface area (Å²) in [6, 6.07) is 0.337. The van der Waals surface area contributed by atoms with Gasteiger partial charge in [0.2, 0.25) is 5.91 Å². The summed E-state index contributed by atoms with van der Waals surface area (Å²) >= 11 is 0. The normalized spacial score (nSPS) is 24.3. The quantitative estimate of drug-likeness (QED) is 0.888. The molecule has 0 spiro atoms. The van der Waals surface area contributed by atoms with Crippen molar-refractivity contribution in [1.29, 1.82) is 0 Å². The van der Waals surface area contributed by atoms with Crippen molar-refractivity contribution in [3.63, 3.8) is 0 Å². The van der Waals surface area contributed by atoms with E-state index >= 15 is 0 Å². The van der Waals surface area contributed by atoms with E-state index in [0.29, 0.717) is 24.9 Å². The van der Waals surface area contributed by atoms with Gasteiger partial charge in [-0.2, -0.15) is 0 Å². The van der Waals surface area contributed by atoms with Gasteiger partial charge in [0, 0.05) is 6.54 Å². The maximum absolute atomic E-state index is 13.1. The Morgan fingerprint density at radius 2 is 2.16 bits per heavy atom. The van der Waals surface area contributed by atoms with Crippen LogP contribution in [0.2, 0.25) is 0 Å². The lowest BCUT2D eigenvalue weighted by Crippen LogP contribution is -2.53. The minimum absolute atomic E-state index is 0.0599. The number of hydrogen-bond donors (Lipinski definition) is 1. The smallest absolute Gasteiger partial charge is 0.255 e. The number of carbonyl (C=O) groups excluding carboxylic acids is 3. The standard InChI is InChI=1S/C18H24N2O5/c1-18(2,3)8-12(19-16(22)11-5-7-24-9-11)17(23)20-6-4-14-15(20)13(21)10-25-14/h5,7,9,12,14-15H,4,6,8,10H2,1-3H3,(H,19,22). The highest BCUT2D eigenvalue weighted by molar-refractivity contribution is 5.99. The molecule has 25 heavy (non-hydrogen) atoms. The van der Waals surface area contributed by atoms with E-state index in [-0.39, 0.29) is 35.7 Å². The number of likely N-dealkylation sites (tertiary alicyclic amines) is 1. The number of fused-ring (bicyclic) bond motifs is 1. The third kappa shape index (κ3) is 3.76. The Labute approximate surface area is 146 Å². The first-order chi connectivity index (χ1) is 11.8. The number of rotatable bonds is 4. The van der Waals surface area contributed by atoms with Gasteiger partial charge in [0.1, 0.15) is 25.0 Å². The summed E-state index contributed by atoms with van der Waals surface area (Å²) in [6.45, 7) is 6.56. The van der Waals surface area contributed by atoms with Crippen LogP contribution in [0.5, 0.6) is 0 Å². The molecule has 0 aliphatic carbocycles. The number of nitrogens with zero attached hydrogens (tertiary/aromatic N) is 1. The van der Waals surface area contributed by atoms with Crippen molar-refractivity contribution in [3.8, 4) is 0 Å². The number of nitrogens with one attached hydrogen (secondary N) is 1. The van der Waals surface area contributed by atoms with Gasteiger partial charge in [-0.25, -0.2) is 0 Å². The van der Waals surface area contributed by atoms with E-state index in [9.17, 15) is 14.4 Å². The highest BCUT2D eigenvalue weighted by Gasteiger charge is 2.48. The molecule has 2 aliphatic heterocycles. The maximum Gasteiger partial charge on any atom is 0.255 e. The number of ether oxygens (including phenoxy) is 1. The summed E-state index contributed by atoms with van der Waals surface area (Å²) < 4.78 is 10.4. The number of amides is 2. The second kappa shape index (κ2) is 6.63. The number of furan rings is 1. The molecule has 7 nitrogen and oxygen atoms in total. The lowest BCUT2D eigenvalue weighted by molar-refractivity contribution is -0.138. The van der Waals surface area contributed by atoms with Crippen LogP contribution >= 0.6 is 0 Å².